The Hall–Kier alpha value is -2.29. The Kier molecular flexibility index (Phi) is 4.65. The average molecular weight is 314 g/mol. The maximum atomic E-state index is 12.5. The third-order valence-corrected chi connectivity index (χ3v) is 4.84. The lowest BCUT2D eigenvalue weighted by Gasteiger charge is -2.35. The standard InChI is InChI=1S/C17H22N4O2/c18-11-13-10-15(19-12-13)17(23)21-8-4-14(5-9-21)16(22)20-6-2-1-3-7-20/h10,12,14,19H,1-9H2. The fourth-order valence-corrected chi connectivity index (χ4v) is 3.45. The van der Waals surface area contributed by atoms with Crippen LogP contribution < -0.4 is 0 Å². The van der Waals surface area contributed by atoms with Gasteiger partial charge in [0.05, 0.1) is 5.56 Å². The first-order chi connectivity index (χ1) is 11.2. The number of carbonyl (C=O) groups excluding carboxylic acids is 2. The number of aromatic amines is 1. The molecule has 1 N–H and O–H groups in total. The van der Waals surface area contributed by atoms with E-state index in [0.29, 0.717) is 24.3 Å². The van der Waals surface area contributed by atoms with E-state index >= 15 is 0 Å². The maximum absolute atomic E-state index is 12.5. The van der Waals surface area contributed by atoms with E-state index in [0.717, 1.165) is 38.8 Å². The van der Waals surface area contributed by atoms with Crippen molar-refractivity contribution >= 4 is 11.8 Å². The van der Waals surface area contributed by atoms with Crippen LogP contribution >= 0.6 is 0 Å². The summed E-state index contributed by atoms with van der Waals surface area (Å²) in [4.78, 5) is 31.5. The van der Waals surface area contributed by atoms with Gasteiger partial charge in [-0.3, -0.25) is 9.59 Å². The third kappa shape index (κ3) is 3.39. The highest BCUT2D eigenvalue weighted by Crippen LogP contribution is 2.23. The number of rotatable bonds is 2. The molecule has 6 heteroatoms. The second-order valence-corrected chi connectivity index (χ2v) is 6.37. The molecule has 2 amide bonds. The van der Waals surface area contributed by atoms with E-state index in [4.69, 9.17) is 5.26 Å². The second-order valence-electron chi connectivity index (χ2n) is 6.37. The molecule has 2 saturated heterocycles. The molecular weight excluding hydrogens is 292 g/mol. The molecule has 0 aromatic carbocycles. The van der Waals surface area contributed by atoms with Crippen molar-refractivity contribution in [1.29, 1.82) is 5.26 Å². The second kappa shape index (κ2) is 6.86. The van der Waals surface area contributed by atoms with Crippen molar-refractivity contribution in [2.24, 2.45) is 5.92 Å². The van der Waals surface area contributed by atoms with Gasteiger partial charge in [0.1, 0.15) is 11.8 Å². The number of piperidine rings is 2. The summed E-state index contributed by atoms with van der Waals surface area (Å²) in [5.74, 6) is 0.231. The van der Waals surface area contributed by atoms with Crippen molar-refractivity contribution in [2.75, 3.05) is 26.2 Å². The number of nitrogens with zero attached hydrogens (tertiary/aromatic N) is 3. The Morgan fingerprint density at radius 3 is 2.39 bits per heavy atom. The first kappa shape index (κ1) is 15.6. The van der Waals surface area contributed by atoms with Gasteiger partial charge >= 0.3 is 0 Å². The van der Waals surface area contributed by atoms with Crippen LogP contribution in [0.15, 0.2) is 12.3 Å². The average Bonchev–Trinajstić information content (AvgIpc) is 3.10. The lowest BCUT2D eigenvalue weighted by atomic mass is 9.94. The van der Waals surface area contributed by atoms with Gasteiger partial charge in [-0.2, -0.15) is 5.26 Å². The number of carbonyl (C=O) groups is 2. The number of amides is 2. The van der Waals surface area contributed by atoms with Gasteiger partial charge in [-0.05, 0) is 38.2 Å². The molecular formula is C17H22N4O2. The van der Waals surface area contributed by atoms with Crippen LogP contribution in [-0.4, -0.2) is 52.8 Å². The van der Waals surface area contributed by atoms with Crippen molar-refractivity contribution < 1.29 is 9.59 Å². The lowest BCUT2D eigenvalue weighted by Crippen LogP contribution is -2.45. The summed E-state index contributed by atoms with van der Waals surface area (Å²) >= 11 is 0. The first-order valence-electron chi connectivity index (χ1n) is 8.35. The van der Waals surface area contributed by atoms with Crippen LogP contribution in [0.5, 0.6) is 0 Å². The molecule has 122 valence electrons. The van der Waals surface area contributed by atoms with Crippen LogP contribution in [0.3, 0.4) is 0 Å². The molecule has 1 aromatic rings. The normalized spacial score (nSPS) is 19.4. The molecule has 0 atom stereocenters. The zero-order valence-corrected chi connectivity index (χ0v) is 13.3. The molecule has 1 aromatic heterocycles. The molecule has 0 aliphatic carbocycles. The van der Waals surface area contributed by atoms with Gasteiger partial charge in [0.2, 0.25) is 5.91 Å². The van der Waals surface area contributed by atoms with E-state index in [1.165, 1.54) is 6.42 Å². The number of hydrogen-bond acceptors (Lipinski definition) is 3. The minimum absolute atomic E-state index is 0.0514. The predicted octanol–water partition coefficient (Wildman–Crippen LogP) is 1.75. The lowest BCUT2D eigenvalue weighted by molar-refractivity contribution is -0.137. The van der Waals surface area contributed by atoms with E-state index in [-0.39, 0.29) is 17.7 Å². The molecule has 6 nitrogen and oxygen atoms in total. The topological polar surface area (TPSA) is 80.2 Å². The quantitative estimate of drug-likeness (QED) is 0.903. The highest BCUT2D eigenvalue weighted by Gasteiger charge is 2.31. The number of aromatic nitrogens is 1. The summed E-state index contributed by atoms with van der Waals surface area (Å²) in [6, 6.07) is 3.59. The number of H-pyrrole nitrogens is 1. The molecule has 0 bridgehead atoms. The largest absolute Gasteiger partial charge is 0.356 e. The molecule has 2 aliphatic heterocycles. The van der Waals surface area contributed by atoms with Crippen LogP contribution in [0.25, 0.3) is 0 Å². The molecule has 0 spiro atoms. The summed E-state index contributed by atoms with van der Waals surface area (Å²) in [5, 5.41) is 8.83. The summed E-state index contributed by atoms with van der Waals surface area (Å²) in [6.07, 6.45) is 6.44. The molecule has 3 heterocycles. The molecule has 3 rings (SSSR count). The Bertz CT molecular complexity index is 617. The zero-order chi connectivity index (χ0) is 16.2. The Morgan fingerprint density at radius 1 is 1.09 bits per heavy atom. The van der Waals surface area contributed by atoms with E-state index in [9.17, 15) is 9.59 Å². The summed E-state index contributed by atoms with van der Waals surface area (Å²) < 4.78 is 0. The van der Waals surface area contributed by atoms with Crippen molar-refractivity contribution in [2.45, 2.75) is 32.1 Å². The summed E-state index contributed by atoms with van der Waals surface area (Å²) in [5.41, 5.74) is 0.908. The van der Waals surface area contributed by atoms with Crippen LogP contribution in [0.2, 0.25) is 0 Å². The maximum Gasteiger partial charge on any atom is 0.270 e. The molecule has 2 fully saturated rings. The summed E-state index contributed by atoms with van der Waals surface area (Å²) in [6.45, 7) is 2.97. The third-order valence-electron chi connectivity index (χ3n) is 4.84. The highest BCUT2D eigenvalue weighted by molar-refractivity contribution is 5.93. The van der Waals surface area contributed by atoms with Crippen LogP contribution in [0.1, 0.15) is 48.2 Å². The smallest absolute Gasteiger partial charge is 0.270 e. The summed E-state index contributed by atoms with van der Waals surface area (Å²) in [7, 11) is 0. The van der Waals surface area contributed by atoms with Crippen LogP contribution in [0.4, 0.5) is 0 Å². The zero-order valence-electron chi connectivity index (χ0n) is 13.3. The van der Waals surface area contributed by atoms with E-state index < -0.39 is 0 Å². The van der Waals surface area contributed by atoms with Gasteiger partial charge in [0.25, 0.3) is 5.91 Å². The SMILES string of the molecule is N#Cc1c[nH]c(C(=O)N2CCC(C(=O)N3CCCCC3)CC2)c1. The number of hydrogen-bond donors (Lipinski definition) is 1. The van der Waals surface area contributed by atoms with Crippen molar-refractivity contribution in [3.8, 4) is 6.07 Å². The Balaban J connectivity index is 1.54. The number of nitriles is 1. The van der Waals surface area contributed by atoms with Crippen LogP contribution in [0, 0.1) is 17.2 Å². The van der Waals surface area contributed by atoms with Gasteiger partial charge in [-0.15, -0.1) is 0 Å². The number of likely N-dealkylation sites (tertiary alicyclic amines) is 2. The fraction of sp³-hybridized carbons (Fsp3) is 0.588. The first-order valence-corrected chi connectivity index (χ1v) is 8.35. The van der Waals surface area contributed by atoms with Crippen molar-refractivity contribution in [3.63, 3.8) is 0 Å². The molecule has 23 heavy (non-hydrogen) atoms. The van der Waals surface area contributed by atoms with E-state index in [1.54, 1.807) is 17.2 Å². The Morgan fingerprint density at radius 2 is 1.78 bits per heavy atom. The monoisotopic (exact) mass is 314 g/mol. The molecule has 2 aliphatic rings. The number of nitrogens with one attached hydrogen (secondary N) is 1. The molecule has 0 saturated carbocycles. The van der Waals surface area contributed by atoms with Gasteiger partial charge in [-0.1, -0.05) is 0 Å². The Labute approximate surface area is 136 Å². The van der Waals surface area contributed by atoms with Gasteiger partial charge < -0.3 is 14.8 Å². The molecule has 0 unspecified atom stereocenters. The minimum atomic E-state index is -0.0876. The van der Waals surface area contributed by atoms with Crippen molar-refractivity contribution in [3.05, 3.63) is 23.5 Å². The van der Waals surface area contributed by atoms with Gasteiger partial charge in [-0.25, -0.2) is 0 Å². The predicted molar refractivity (Wildman–Crippen MR) is 84.6 cm³/mol. The van der Waals surface area contributed by atoms with Crippen LogP contribution in [-0.2, 0) is 4.79 Å². The van der Waals surface area contributed by atoms with Crippen molar-refractivity contribution in [1.82, 2.24) is 14.8 Å². The fourth-order valence-electron chi connectivity index (χ4n) is 3.45. The van der Waals surface area contributed by atoms with Gasteiger partial charge in [0, 0.05) is 38.3 Å². The highest BCUT2D eigenvalue weighted by atomic mass is 16.2. The minimum Gasteiger partial charge on any atom is -0.356 e. The molecule has 0 radical (unpaired) electrons. The van der Waals surface area contributed by atoms with Gasteiger partial charge in [0.15, 0.2) is 0 Å². The van der Waals surface area contributed by atoms with E-state index in [2.05, 4.69) is 4.98 Å². The van der Waals surface area contributed by atoms with E-state index in [1.807, 2.05) is 11.0 Å².